The molecule has 0 heterocycles. The molecule has 0 saturated heterocycles. The van der Waals surface area contributed by atoms with Crippen LogP contribution >= 0.6 is 0 Å². The lowest BCUT2D eigenvalue weighted by molar-refractivity contribution is -0.114. The molecule has 0 unspecified atom stereocenters. The zero-order valence-electron chi connectivity index (χ0n) is 9.97. The third-order valence-electron chi connectivity index (χ3n) is 2.24. The third-order valence-corrected chi connectivity index (χ3v) is 2.24. The number of allylic oxidation sites excluding steroid dienone is 2. The normalized spacial score (nSPS) is 11.6. The summed E-state index contributed by atoms with van der Waals surface area (Å²) in [6, 6.07) is 0. The maximum atomic E-state index is 11.2. The second-order valence-electron chi connectivity index (χ2n) is 3.89. The van der Waals surface area contributed by atoms with Gasteiger partial charge in [0.15, 0.2) is 5.78 Å². The Morgan fingerprint density at radius 2 is 1.86 bits per heavy atom. The largest absolute Gasteiger partial charge is 0.375 e. The Morgan fingerprint density at radius 3 is 2.29 bits per heavy atom. The van der Waals surface area contributed by atoms with Crippen molar-refractivity contribution in [3.63, 3.8) is 0 Å². The highest BCUT2D eigenvalue weighted by Crippen LogP contribution is 2.07. The molecule has 0 aromatic rings. The number of nitrogens with zero attached hydrogens (tertiary/aromatic N) is 1. The quantitative estimate of drug-likeness (QED) is 0.462. The van der Waals surface area contributed by atoms with Crippen LogP contribution in [0, 0.1) is 0 Å². The van der Waals surface area contributed by atoms with Crippen LogP contribution in [-0.2, 0) is 4.79 Å². The molecule has 0 aliphatic carbocycles. The number of rotatable bonds is 7. The smallest absolute Gasteiger partial charge is 0.175 e. The fourth-order valence-corrected chi connectivity index (χ4v) is 1.45. The molecule has 2 heteroatoms. The first kappa shape index (κ1) is 13.2. The maximum Gasteiger partial charge on any atom is 0.175 e. The third kappa shape index (κ3) is 5.79. The van der Waals surface area contributed by atoms with Crippen LogP contribution < -0.4 is 0 Å². The Balaban J connectivity index is 3.86. The summed E-state index contributed by atoms with van der Waals surface area (Å²) in [5, 5.41) is 0. The van der Waals surface area contributed by atoms with Gasteiger partial charge >= 0.3 is 0 Å². The van der Waals surface area contributed by atoms with Crippen LogP contribution in [0.4, 0.5) is 0 Å². The molecule has 0 fully saturated rings. The molecule has 14 heavy (non-hydrogen) atoms. The van der Waals surface area contributed by atoms with Crippen LogP contribution in [0.5, 0.6) is 0 Å². The van der Waals surface area contributed by atoms with Gasteiger partial charge in [0.25, 0.3) is 0 Å². The SMILES string of the molecule is CCCCCCC=C(C(C)=O)N(C)C. The predicted molar refractivity (Wildman–Crippen MR) is 61.2 cm³/mol. The van der Waals surface area contributed by atoms with Crippen LogP contribution in [-0.4, -0.2) is 24.8 Å². The lowest BCUT2D eigenvalue weighted by Gasteiger charge is -2.14. The summed E-state index contributed by atoms with van der Waals surface area (Å²) in [4.78, 5) is 13.1. The molecule has 0 aliphatic rings. The second-order valence-corrected chi connectivity index (χ2v) is 3.89. The molecule has 0 radical (unpaired) electrons. The Morgan fingerprint density at radius 1 is 1.21 bits per heavy atom. The van der Waals surface area contributed by atoms with Gasteiger partial charge in [-0.2, -0.15) is 0 Å². The van der Waals surface area contributed by atoms with Crippen molar-refractivity contribution in [2.45, 2.75) is 46.0 Å². The highest BCUT2D eigenvalue weighted by atomic mass is 16.1. The van der Waals surface area contributed by atoms with Gasteiger partial charge in [-0.1, -0.05) is 32.3 Å². The molecule has 82 valence electrons. The number of likely N-dealkylation sites (N-methyl/N-ethyl adjacent to an activating group) is 1. The summed E-state index contributed by atoms with van der Waals surface area (Å²) in [5.41, 5.74) is 0.835. The number of unbranched alkanes of at least 4 members (excludes halogenated alkanes) is 4. The van der Waals surface area contributed by atoms with Crippen molar-refractivity contribution in [3.8, 4) is 0 Å². The van der Waals surface area contributed by atoms with Crippen molar-refractivity contribution < 1.29 is 4.79 Å². The molecular formula is C12H23NO. The minimum absolute atomic E-state index is 0.158. The zero-order chi connectivity index (χ0) is 11.0. The van der Waals surface area contributed by atoms with E-state index in [4.69, 9.17) is 0 Å². The predicted octanol–water partition coefficient (Wildman–Crippen LogP) is 2.99. The van der Waals surface area contributed by atoms with Gasteiger partial charge in [0.05, 0.1) is 5.70 Å². The second kappa shape index (κ2) is 7.60. The Labute approximate surface area is 88.0 Å². The van der Waals surface area contributed by atoms with Crippen LogP contribution in [0.15, 0.2) is 11.8 Å². The van der Waals surface area contributed by atoms with Crippen molar-refractivity contribution in [1.29, 1.82) is 0 Å². The molecule has 2 nitrogen and oxygen atoms in total. The monoisotopic (exact) mass is 197 g/mol. The lowest BCUT2D eigenvalue weighted by Crippen LogP contribution is -2.17. The minimum atomic E-state index is 0.158. The van der Waals surface area contributed by atoms with E-state index in [9.17, 15) is 4.79 Å². The first-order valence-electron chi connectivity index (χ1n) is 5.48. The van der Waals surface area contributed by atoms with E-state index in [1.165, 1.54) is 25.7 Å². The Bertz CT molecular complexity index is 194. The van der Waals surface area contributed by atoms with Gasteiger partial charge in [-0.25, -0.2) is 0 Å². The summed E-state index contributed by atoms with van der Waals surface area (Å²) < 4.78 is 0. The van der Waals surface area contributed by atoms with Gasteiger partial charge in [0.1, 0.15) is 0 Å². The lowest BCUT2D eigenvalue weighted by atomic mass is 10.1. The van der Waals surface area contributed by atoms with E-state index >= 15 is 0 Å². The summed E-state index contributed by atoms with van der Waals surface area (Å²) >= 11 is 0. The first-order chi connectivity index (χ1) is 6.59. The van der Waals surface area contributed by atoms with Gasteiger partial charge in [0, 0.05) is 21.0 Å². The summed E-state index contributed by atoms with van der Waals surface area (Å²) in [5.74, 6) is 0.158. The molecule has 0 saturated carbocycles. The molecule has 0 amide bonds. The van der Waals surface area contributed by atoms with Crippen molar-refractivity contribution in [3.05, 3.63) is 11.8 Å². The number of ketones is 1. The van der Waals surface area contributed by atoms with Crippen molar-refractivity contribution in [2.24, 2.45) is 0 Å². The topological polar surface area (TPSA) is 20.3 Å². The molecule has 0 aromatic heterocycles. The van der Waals surface area contributed by atoms with Gasteiger partial charge in [0.2, 0.25) is 0 Å². The van der Waals surface area contributed by atoms with Crippen LogP contribution in [0.1, 0.15) is 46.0 Å². The van der Waals surface area contributed by atoms with Gasteiger partial charge < -0.3 is 4.90 Å². The number of hydrogen-bond acceptors (Lipinski definition) is 2. The highest BCUT2D eigenvalue weighted by molar-refractivity contribution is 5.92. The van der Waals surface area contributed by atoms with E-state index in [0.29, 0.717) is 0 Å². The minimum Gasteiger partial charge on any atom is -0.375 e. The fraction of sp³-hybridized carbons (Fsp3) is 0.750. The van der Waals surface area contributed by atoms with E-state index in [0.717, 1.165) is 12.1 Å². The number of Topliss-reactive ketones (excluding diaryl/α,β-unsaturated/α-hetero) is 1. The van der Waals surface area contributed by atoms with E-state index in [2.05, 4.69) is 13.0 Å². The highest BCUT2D eigenvalue weighted by Gasteiger charge is 2.04. The van der Waals surface area contributed by atoms with Gasteiger partial charge in [-0.3, -0.25) is 4.79 Å². The molecule has 0 atom stereocenters. The average molecular weight is 197 g/mol. The zero-order valence-corrected chi connectivity index (χ0v) is 9.97. The number of carbonyl (C=O) groups is 1. The molecule has 0 aromatic carbocycles. The molecule has 0 aliphatic heterocycles. The number of carbonyl (C=O) groups excluding carboxylic acids is 1. The van der Waals surface area contributed by atoms with Crippen LogP contribution in [0.25, 0.3) is 0 Å². The van der Waals surface area contributed by atoms with Crippen LogP contribution in [0.2, 0.25) is 0 Å². The Hall–Kier alpha value is -0.790. The van der Waals surface area contributed by atoms with E-state index in [-0.39, 0.29) is 5.78 Å². The summed E-state index contributed by atoms with van der Waals surface area (Å²) in [6.45, 7) is 3.83. The van der Waals surface area contributed by atoms with E-state index < -0.39 is 0 Å². The van der Waals surface area contributed by atoms with Gasteiger partial charge in [-0.15, -0.1) is 0 Å². The maximum absolute atomic E-state index is 11.2. The van der Waals surface area contributed by atoms with E-state index in [1.807, 2.05) is 19.0 Å². The van der Waals surface area contributed by atoms with Crippen molar-refractivity contribution in [2.75, 3.05) is 14.1 Å². The molecule has 0 N–H and O–H groups in total. The first-order valence-corrected chi connectivity index (χ1v) is 5.48. The van der Waals surface area contributed by atoms with Crippen molar-refractivity contribution in [1.82, 2.24) is 4.90 Å². The Kier molecular flexibility index (Phi) is 7.17. The van der Waals surface area contributed by atoms with E-state index in [1.54, 1.807) is 6.92 Å². The van der Waals surface area contributed by atoms with Gasteiger partial charge in [-0.05, 0) is 12.8 Å². The number of hydrogen-bond donors (Lipinski definition) is 0. The average Bonchev–Trinajstić information content (AvgIpc) is 2.09. The molecule has 0 spiro atoms. The van der Waals surface area contributed by atoms with Crippen LogP contribution in [0.3, 0.4) is 0 Å². The summed E-state index contributed by atoms with van der Waals surface area (Å²) in [7, 11) is 3.83. The molecule has 0 rings (SSSR count). The molecule has 0 bridgehead atoms. The fourth-order valence-electron chi connectivity index (χ4n) is 1.45. The summed E-state index contributed by atoms with van der Waals surface area (Å²) in [6.07, 6.45) is 8.09. The molecular weight excluding hydrogens is 174 g/mol. The standard InChI is InChI=1S/C12H23NO/c1-5-6-7-8-9-10-12(11(2)14)13(3)4/h10H,5-9H2,1-4H3. The van der Waals surface area contributed by atoms with Crippen molar-refractivity contribution >= 4 is 5.78 Å².